The number of sulfonamides is 1. The van der Waals surface area contributed by atoms with Crippen molar-refractivity contribution in [1.82, 2.24) is 10.2 Å². The van der Waals surface area contributed by atoms with E-state index in [0.29, 0.717) is 28.4 Å². The van der Waals surface area contributed by atoms with Crippen molar-refractivity contribution in [3.63, 3.8) is 0 Å². The molecule has 0 aromatic heterocycles. The Morgan fingerprint density at radius 2 is 1.48 bits per heavy atom. The predicted molar refractivity (Wildman–Crippen MR) is 176 cm³/mol. The van der Waals surface area contributed by atoms with Crippen molar-refractivity contribution >= 4 is 39.1 Å². The van der Waals surface area contributed by atoms with Crippen molar-refractivity contribution in [1.29, 1.82) is 0 Å². The van der Waals surface area contributed by atoms with E-state index < -0.39 is 28.5 Å². The first kappa shape index (κ1) is 32.8. The summed E-state index contributed by atoms with van der Waals surface area (Å²) in [7, 11) is -4.17. The van der Waals surface area contributed by atoms with E-state index >= 15 is 0 Å². The maximum atomic E-state index is 14.5. The predicted octanol–water partition coefficient (Wildman–Crippen LogP) is 6.24. The molecule has 0 aliphatic rings. The fraction of sp³-hybridized carbons (Fsp3) is 0.257. The summed E-state index contributed by atoms with van der Waals surface area (Å²) in [5.74, 6) is -0.848. The van der Waals surface area contributed by atoms with Crippen LogP contribution in [-0.2, 0) is 32.6 Å². The molecule has 0 aliphatic carbocycles. The Balaban J connectivity index is 1.82. The van der Waals surface area contributed by atoms with E-state index in [4.69, 9.17) is 11.6 Å². The van der Waals surface area contributed by atoms with E-state index in [1.54, 1.807) is 48.5 Å². The molecule has 230 valence electrons. The van der Waals surface area contributed by atoms with Crippen molar-refractivity contribution in [3.05, 3.63) is 130 Å². The zero-order valence-corrected chi connectivity index (χ0v) is 27.0. The standard InChI is InChI=1S/C35H38ClN3O4S/c1-5-37-35(41)33(22-28-10-7-6-8-11-28)38(23-29-12-9-13-30(36)21-29)34(40)24-39(32-19-16-26(3)20-27(32)4)44(42,43)31-17-14-25(2)15-18-31/h6-21,33H,5,22-24H2,1-4H3,(H,37,41)/t33-/m1/s1. The van der Waals surface area contributed by atoms with Crippen molar-refractivity contribution in [3.8, 4) is 0 Å². The molecule has 1 N–H and O–H groups in total. The molecule has 4 aromatic rings. The number of anilines is 1. The van der Waals surface area contributed by atoms with Crippen LogP contribution in [-0.4, -0.2) is 44.3 Å². The Bertz CT molecular complexity index is 1710. The lowest BCUT2D eigenvalue weighted by molar-refractivity contribution is -0.140. The molecule has 0 radical (unpaired) electrons. The highest BCUT2D eigenvalue weighted by Crippen LogP contribution is 2.29. The molecule has 7 nitrogen and oxygen atoms in total. The van der Waals surface area contributed by atoms with Gasteiger partial charge in [-0.1, -0.05) is 89.5 Å². The van der Waals surface area contributed by atoms with Crippen molar-refractivity contribution in [2.75, 3.05) is 17.4 Å². The van der Waals surface area contributed by atoms with Gasteiger partial charge in [0, 0.05) is 24.5 Å². The van der Waals surface area contributed by atoms with Crippen LogP contribution in [0.25, 0.3) is 0 Å². The highest BCUT2D eigenvalue weighted by Gasteiger charge is 2.35. The number of aryl methyl sites for hydroxylation is 3. The molecule has 4 rings (SSSR count). The van der Waals surface area contributed by atoms with Crippen LogP contribution in [0.4, 0.5) is 5.69 Å². The molecule has 0 bridgehead atoms. The van der Waals surface area contributed by atoms with Crippen LogP contribution < -0.4 is 9.62 Å². The Labute approximate surface area is 265 Å². The normalized spacial score (nSPS) is 11.9. The number of nitrogens with one attached hydrogen (secondary N) is 1. The van der Waals surface area contributed by atoms with Crippen LogP contribution in [0.1, 0.15) is 34.7 Å². The number of likely N-dealkylation sites (N-methyl/N-ethyl adjacent to an activating group) is 1. The van der Waals surface area contributed by atoms with Crippen LogP contribution in [0, 0.1) is 20.8 Å². The van der Waals surface area contributed by atoms with Gasteiger partial charge in [-0.2, -0.15) is 0 Å². The van der Waals surface area contributed by atoms with Gasteiger partial charge in [-0.05, 0) is 74.7 Å². The summed E-state index contributed by atoms with van der Waals surface area (Å²) >= 11 is 6.29. The van der Waals surface area contributed by atoms with Crippen LogP contribution in [0.5, 0.6) is 0 Å². The van der Waals surface area contributed by atoms with Crippen molar-refractivity contribution in [2.24, 2.45) is 0 Å². The third-order valence-electron chi connectivity index (χ3n) is 7.37. The number of halogens is 1. The molecule has 44 heavy (non-hydrogen) atoms. The first-order valence-corrected chi connectivity index (χ1v) is 16.3. The summed E-state index contributed by atoms with van der Waals surface area (Å²) in [6, 6.07) is 27.6. The average molecular weight is 632 g/mol. The summed E-state index contributed by atoms with van der Waals surface area (Å²) in [6.45, 7) is 7.36. The molecule has 4 aromatic carbocycles. The minimum atomic E-state index is -4.17. The summed E-state index contributed by atoms with van der Waals surface area (Å²) in [6.07, 6.45) is 0.243. The number of benzene rings is 4. The van der Waals surface area contributed by atoms with E-state index in [0.717, 1.165) is 21.0 Å². The number of carbonyl (C=O) groups is 2. The second-order valence-electron chi connectivity index (χ2n) is 10.9. The molecule has 9 heteroatoms. The number of hydrogen-bond acceptors (Lipinski definition) is 4. The van der Waals surface area contributed by atoms with Crippen LogP contribution >= 0.6 is 11.6 Å². The fourth-order valence-corrected chi connectivity index (χ4v) is 6.81. The molecule has 1 atom stereocenters. The zero-order valence-electron chi connectivity index (χ0n) is 25.5. The zero-order chi connectivity index (χ0) is 31.9. The molecule has 0 unspecified atom stereocenters. The number of hydrogen-bond donors (Lipinski definition) is 1. The van der Waals surface area contributed by atoms with Gasteiger partial charge in [0.05, 0.1) is 10.6 Å². The van der Waals surface area contributed by atoms with E-state index in [-0.39, 0.29) is 23.8 Å². The Kier molecular flexibility index (Phi) is 10.8. The minimum absolute atomic E-state index is 0.0549. The Morgan fingerprint density at radius 1 is 0.818 bits per heavy atom. The number of carbonyl (C=O) groups excluding carboxylic acids is 2. The van der Waals surface area contributed by atoms with Gasteiger partial charge < -0.3 is 10.2 Å². The Morgan fingerprint density at radius 3 is 2.11 bits per heavy atom. The molecule has 0 saturated carbocycles. The van der Waals surface area contributed by atoms with Crippen molar-refractivity contribution in [2.45, 2.75) is 51.6 Å². The average Bonchev–Trinajstić information content (AvgIpc) is 2.99. The first-order valence-electron chi connectivity index (χ1n) is 14.5. The SMILES string of the molecule is CCNC(=O)[C@@H](Cc1ccccc1)N(Cc1cccc(Cl)c1)C(=O)CN(c1ccc(C)cc1C)S(=O)(=O)c1ccc(C)cc1. The van der Waals surface area contributed by atoms with E-state index in [9.17, 15) is 18.0 Å². The topological polar surface area (TPSA) is 86.8 Å². The lowest BCUT2D eigenvalue weighted by atomic mass is 10.0. The van der Waals surface area contributed by atoms with Gasteiger partial charge in [-0.3, -0.25) is 13.9 Å². The van der Waals surface area contributed by atoms with Crippen LogP contribution in [0.2, 0.25) is 5.02 Å². The smallest absolute Gasteiger partial charge is 0.264 e. The molecule has 0 aliphatic heterocycles. The van der Waals surface area contributed by atoms with Gasteiger partial charge in [0.25, 0.3) is 10.0 Å². The second kappa shape index (κ2) is 14.6. The van der Waals surface area contributed by atoms with Gasteiger partial charge in [0.2, 0.25) is 11.8 Å². The van der Waals surface area contributed by atoms with E-state index in [1.807, 2.05) is 76.2 Å². The highest BCUT2D eigenvalue weighted by molar-refractivity contribution is 7.92. The summed E-state index contributed by atoms with van der Waals surface area (Å²) in [5, 5.41) is 3.36. The molecular formula is C35H38ClN3O4S. The molecule has 0 spiro atoms. The quantitative estimate of drug-likeness (QED) is 0.201. The third-order valence-corrected chi connectivity index (χ3v) is 9.38. The molecule has 0 fully saturated rings. The monoisotopic (exact) mass is 631 g/mol. The number of rotatable bonds is 12. The van der Waals surface area contributed by atoms with Gasteiger partial charge >= 0.3 is 0 Å². The van der Waals surface area contributed by atoms with Gasteiger partial charge in [-0.15, -0.1) is 0 Å². The molecule has 0 saturated heterocycles. The van der Waals surface area contributed by atoms with Gasteiger partial charge in [0.15, 0.2) is 0 Å². The summed E-state index contributed by atoms with van der Waals surface area (Å²) < 4.78 is 29.5. The molecule has 0 heterocycles. The first-order chi connectivity index (χ1) is 21.0. The van der Waals surface area contributed by atoms with E-state index in [2.05, 4.69) is 5.32 Å². The van der Waals surface area contributed by atoms with Crippen molar-refractivity contribution < 1.29 is 18.0 Å². The molecular weight excluding hydrogens is 594 g/mol. The number of nitrogens with zero attached hydrogens (tertiary/aromatic N) is 2. The number of amides is 2. The summed E-state index contributed by atoms with van der Waals surface area (Å²) in [4.78, 5) is 29.6. The largest absolute Gasteiger partial charge is 0.355 e. The summed E-state index contributed by atoms with van der Waals surface area (Å²) in [5.41, 5.74) is 4.56. The van der Waals surface area contributed by atoms with Crippen LogP contribution in [0.15, 0.2) is 102 Å². The van der Waals surface area contributed by atoms with E-state index in [1.165, 1.54) is 4.90 Å². The molecule has 2 amide bonds. The minimum Gasteiger partial charge on any atom is -0.355 e. The van der Waals surface area contributed by atoms with Crippen LogP contribution in [0.3, 0.4) is 0 Å². The lowest BCUT2D eigenvalue weighted by Gasteiger charge is -2.34. The fourth-order valence-electron chi connectivity index (χ4n) is 5.11. The Hall–Kier alpha value is -4.14. The third kappa shape index (κ3) is 8.07. The van der Waals surface area contributed by atoms with Gasteiger partial charge in [0.1, 0.15) is 12.6 Å². The highest BCUT2D eigenvalue weighted by atomic mass is 35.5. The lowest BCUT2D eigenvalue weighted by Crippen LogP contribution is -2.53. The second-order valence-corrected chi connectivity index (χ2v) is 13.2. The maximum absolute atomic E-state index is 14.5. The maximum Gasteiger partial charge on any atom is 0.264 e. The van der Waals surface area contributed by atoms with Gasteiger partial charge in [-0.25, -0.2) is 8.42 Å².